The Labute approximate surface area is 94.7 Å². The van der Waals surface area contributed by atoms with Gasteiger partial charge in [-0.25, -0.2) is 0 Å². The van der Waals surface area contributed by atoms with Crippen molar-refractivity contribution >= 4 is 11.6 Å². The smallest absolute Gasteiger partial charge is 0.254 e. The molecule has 1 aliphatic heterocycles. The lowest BCUT2D eigenvalue weighted by atomic mass is 10.1. The number of nitrogen functional groups attached to an aromatic ring is 1. The largest absolute Gasteiger partial charge is 0.399 e. The standard InChI is InChI=1S/C12H16N2O2/c13-10-4-1-3-9(7-10)12(16)14-6-2-5-11(14)8-15/h1,3-4,7,11,15H,2,5-6,8,13H2/t11-/m1/s1. The van der Waals surface area contributed by atoms with Crippen LogP contribution in [0.3, 0.4) is 0 Å². The van der Waals surface area contributed by atoms with Crippen LogP contribution in [0, 0.1) is 0 Å². The van der Waals surface area contributed by atoms with Crippen LogP contribution in [-0.4, -0.2) is 35.1 Å². The molecule has 4 heteroatoms. The zero-order chi connectivity index (χ0) is 11.5. The first kappa shape index (κ1) is 11.0. The van der Waals surface area contributed by atoms with Gasteiger partial charge in [-0.2, -0.15) is 0 Å². The predicted octanol–water partition coefficient (Wildman–Crippen LogP) is 0.866. The Morgan fingerprint density at radius 3 is 3.06 bits per heavy atom. The van der Waals surface area contributed by atoms with E-state index in [4.69, 9.17) is 10.8 Å². The summed E-state index contributed by atoms with van der Waals surface area (Å²) in [7, 11) is 0. The van der Waals surface area contributed by atoms with Crippen LogP contribution in [0.5, 0.6) is 0 Å². The molecule has 1 amide bonds. The number of hydrogen-bond donors (Lipinski definition) is 2. The van der Waals surface area contributed by atoms with E-state index in [0.29, 0.717) is 11.3 Å². The Morgan fingerprint density at radius 2 is 2.38 bits per heavy atom. The number of rotatable bonds is 2. The number of anilines is 1. The first-order valence-electron chi connectivity index (χ1n) is 5.49. The molecule has 1 atom stereocenters. The minimum absolute atomic E-state index is 0.0334. The van der Waals surface area contributed by atoms with Crippen molar-refractivity contribution in [2.45, 2.75) is 18.9 Å². The molecule has 2 rings (SSSR count). The Kier molecular flexibility index (Phi) is 3.10. The molecule has 0 saturated carbocycles. The second kappa shape index (κ2) is 4.53. The molecule has 0 aromatic heterocycles. The summed E-state index contributed by atoms with van der Waals surface area (Å²) in [6, 6.07) is 6.92. The summed E-state index contributed by atoms with van der Waals surface area (Å²) >= 11 is 0. The molecule has 0 unspecified atom stereocenters. The van der Waals surface area contributed by atoms with Gasteiger partial charge in [-0.15, -0.1) is 0 Å². The minimum atomic E-state index is -0.0381. The summed E-state index contributed by atoms with van der Waals surface area (Å²) in [5.41, 5.74) is 6.83. The lowest BCUT2D eigenvalue weighted by molar-refractivity contribution is 0.0677. The maximum Gasteiger partial charge on any atom is 0.254 e. The molecule has 1 saturated heterocycles. The number of nitrogens with zero attached hydrogens (tertiary/aromatic N) is 1. The van der Waals surface area contributed by atoms with Crippen LogP contribution in [0.1, 0.15) is 23.2 Å². The number of likely N-dealkylation sites (tertiary alicyclic amines) is 1. The molecule has 3 N–H and O–H groups in total. The van der Waals surface area contributed by atoms with Gasteiger partial charge in [-0.3, -0.25) is 4.79 Å². The van der Waals surface area contributed by atoms with E-state index in [-0.39, 0.29) is 18.6 Å². The van der Waals surface area contributed by atoms with Gasteiger partial charge >= 0.3 is 0 Å². The number of benzene rings is 1. The Hall–Kier alpha value is -1.55. The van der Waals surface area contributed by atoms with E-state index in [2.05, 4.69) is 0 Å². The van der Waals surface area contributed by atoms with Crippen LogP contribution in [0.25, 0.3) is 0 Å². The number of amides is 1. The summed E-state index contributed by atoms with van der Waals surface area (Å²) in [5, 5.41) is 9.17. The van der Waals surface area contributed by atoms with E-state index in [1.54, 1.807) is 29.2 Å². The van der Waals surface area contributed by atoms with Gasteiger partial charge in [-0.1, -0.05) is 6.07 Å². The van der Waals surface area contributed by atoms with Gasteiger partial charge in [0.1, 0.15) is 0 Å². The van der Waals surface area contributed by atoms with Crippen molar-refractivity contribution < 1.29 is 9.90 Å². The Morgan fingerprint density at radius 1 is 1.56 bits per heavy atom. The normalized spacial score (nSPS) is 20.1. The van der Waals surface area contributed by atoms with E-state index in [9.17, 15) is 4.79 Å². The van der Waals surface area contributed by atoms with E-state index < -0.39 is 0 Å². The van der Waals surface area contributed by atoms with Crippen molar-refractivity contribution in [1.29, 1.82) is 0 Å². The van der Waals surface area contributed by atoms with Crippen molar-refractivity contribution in [2.24, 2.45) is 0 Å². The maximum atomic E-state index is 12.1. The van der Waals surface area contributed by atoms with Gasteiger partial charge in [0.05, 0.1) is 12.6 Å². The third-order valence-corrected chi connectivity index (χ3v) is 2.98. The molecular weight excluding hydrogens is 204 g/mol. The highest BCUT2D eigenvalue weighted by atomic mass is 16.3. The van der Waals surface area contributed by atoms with Crippen LogP contribution in [0.15, 0.2) is 24.3 Å². The fourth-order valence-electron chi connectivity index (χ4n) is 2.13. The molecule has 1 aliphatic rings. The summed E-state index contributed by atoms with van der Waals surface area (Å²) in [6.07, 6.45) is 1.84. The molecule has 86 valence electrons. The lowest BCUT2D eigenvalue weighted by Crippen LogP contribution is -2.37. The summed E-state index contributed by atoms with van der Waals surface area (Å²) < 4.78 is 0. The van der Waals surface area contributed by atoms with E-state index in [1.807, 2.05) is 0 Å². The summed E-state index contributed by atoms with van der Waals surface area (Å²) in [4.78, 5) is 13.9. The Bertz CT molecular complexity index is 392. The molecule has 1 aromatic rings. The third kappa shape index (κ3) is 2.02. The molecule has 0 spiro atoms. The van der Waals surface area contributed by atoms with Crippen LogP contribution in [-0.2, 0) is 0 Å². The monoisotopic (exact) mass is 220 g/mol. The molecule has 0 radical (unpaired) electrons. The molecular formula is C12H16N2O2. The SMILES string of the molecule is Nc1cccc(C(=O)N2CCC[C@@H]2CO)c1. The Balaban J connectivity index is 2.18. The zero-order valence-electron chi connectivity index (χ0n) is 9.10. The fraction of sp³-hybridized carbons (Fsp3) is 0.417. The summed E-state index contributed by atoms with van der Waals surface area (Å²) in [5.74, 6) is -0.0381. The van der Waals surface area contributed by atoms with Gasteiger partial charge in [0, 0.05) is 17.8 Å². The molecule has 4 nitrogen and oxygen atoms in total. The van der Waals surface area contributed by atoms with E-state index in [0.717, 1.165) is 19.4 Å². The minimum Gasteiger partial charge on any atom is -0.399 e. The van der Waals surface area contributed by atoms with Gasteiger partial charge in [-0.05, 0) is 31.0 Å². The molecule has 1 heterocycles. The molecule has 1 fully saturated rings. The van der Waals surface area contributed by atoms with E-state index in [1.165, 1.54) is 0 Å². The fourth-order valence-corrected chi connectivity index (χ4v) is 2.13. The topological polar surface area (TPSA) is 66.6 Å². The molecule has 16 heavy (non-hydrogen) atoms. The van der Waals surface area contributed by atoms with Crippen LogP contribution < -0.4 is 5.73 Å². The van der Waals surface area contributed by atoms with Crippen LogP contribution >= 0.6 is 0 Å². The van der Waals surface area contributed by atoms with Crippen molar-refractivity contribution in [3.8, 4) is 0 Å². The highest BCUT2D eigenvalue weighted by Crippen LogP contribution is 2.20. The predicted molar refractivity (Wildman–Crippen MR) is 62.0 cm³/mol. The average molecular weight is 220 g/mol. The number of nitrogens with two attached hydrogens (primary N) is 1. The van der Waals surface area contributed by atoms with E-state index >= 15 is 0 Å². The molecule has 0 bridgehead atoms. The maximum absolute atomic E-state index is 12.1. The summed E-state index contributed by atoms with van der Waals surface area (Å²) in [6.45, 7) is 0.757. The second-order valence-electron chi connectivity index (χ2n) is 4.10. The lowest BCUT2D eigenvalue weighted by Gasteiger charge is -2.23. The first-order valence-corrected chi connectivity index (χ1v) is 5.49. The van der Waals surface area contributed by atoms with Gasteiger partial charge in [0.2, 0.25) is 0 Å². The number of hydrogen-bond acceptors (Lipinski definition) is 3. The van der Waals surface area contributed by atoms with Crippen molar-refractivity contribution in [3.63, 3.8) is 0 Å². The van der Waals surface area contributed by atoms with Crippen LogP contribution in [0.2, 0.25) is 0 Å². The van der Waals surface area contributed by atoms with Gasteiger partial charge < -0.3 is 15.7 Å². The van der Waals surface area contributed by atoms with Crippen molar-refractivity contribution in [1.82, 2.24) is 4.90 Å². The zero-order valence-corrected chi connectivity index (χ0v) is 9.10. The quantitative estimate of drug-likeness (QED) is 0.727. The van der Waals surface area contributed by atoms with Gasteiger partial charge in [0.15, 0.2) is 0 Å². The number of aliphatic hydroxyl groups is 1. The second-order valence-corrected chi connectivity index (χ2v) is 4.10. The highest BCUT2D eigenvalue weighted by molar-refractivity contribution is 5.95. The van der Waals surface area contributed by atoms with Crippen molar-refractivity contribution in [2.75, 3.05) is 18.9 Å². The first-order chi connectivity index (χ1) is 7.72. The highest BCUT2D eigenvalue weighted by Gasteiger charge is 2.28. The van der Waals surface area contributed by atoms with Crippen molar-refractivity contribution in [3.05, 3.63) is 29.8 Å². The molecule has 0 aliphatic carbocycles. The number of carbonyl (C=O) groups excluding carboxylic acids is 1. The third-order valence-electron chi connectivity index (χ3n) is 2.98. The number of carbonyl (C=O) groups is 1. The molecule has 1 aromatic carbocycles. The van der Waals surface area contributed by atoms with Gasteiger partial charge in [0.25, 0.3) is 5.91 Å². The average Bonchev–Trinajstić information content (AvgIpc) is 2.76. The number of aliphatic hydroxyl groups excluding tert-OH is 1. The van der Waals surface area contributed by atoms with Crippen LogP contribution in [0.4, 0.5) is 5.69 Å².